The van der Waals surface area contributed by atoms with Crippen molar-refractivity contribution in [2.24, 2.45) is 0 Å². The summed E-state index contributed by atoms with van der Waals surface area (Å²) in [5, 5.41) is 10.7. The van der Waals surface area contributed by atoms with E-state index in [4.69, 9.17) is 4.98 Å². The molecule has 1 N–H and O–H groups in total. The first-order chi connectivity index (χ1) is 10.0. The Hall–Kier alpha value is -1.39. The molecule has 1 aliphatic heterocycles. The quantitative estimate of drug-likeness (QED) is 0.910. The highest BCUT2D eigenvalue weighted by Gasteiger charge is 2.26. The lowest BCUT2D eigenvalue weighted by atomic mass is 9.91. The minimum absolute atomic E-state index is 0.0396. The maximum Gasteiger partial charge on any atom is 0.190 e. The number of aromatic nitrogens is 1. The summed E-state index contributed by atoms with van der Waals surface area (Å²) >= 11 is 1.62. The van der Waals surface area contributed by atoms with Gasteiger partial charge < -0.3 is 10.0 Å². The van der Waals surface area contributed by atoms with Crippen molar-refractivity contribution in [2.75, 3.05) is 11.4 Å². The number of benzene rings is 1. The fraction of sp³-hybridized carbons (Fsp3) is 0.471. The zero-order valence-corrected chi connectivity index (χ0v) is 13.7. The molecule has 0 atom stereocenters. The maximum absolute atomic E-state index is 9.64. The number of rotatable bonds is 2. The molecule has 0 bridgehead atoms. The number of aliphatic hydroxyl groups excluding tert-OH is 1. The Morgan fingerprint density at radius 3 is 2.71 bits per heavy atom. The Morgan fingerprint density at radius 2 is 2.05 bits per heavy atom. The van der Waals surface area contributed by atoms with Crippen LogP contribution < -0.4 is 4.90 Å². The number of anilines is 2. The number of nitrogens with zero attached hydrogens (tertiary/aromatic N) is 2. The van der Waals surface area contributed by atoms with Crippen molar-refractivity contribution in [3.8, 4) is 0 Å². The molecule has 1 aliphatic rings. The summed E-state index contributed by atoms with van der Waals surface area (Å²) in [6.45, 7) is 7.51. The minimum Gasteiger partial charge on any atom is -0.391 e. The Bertz CT molecular complexity index is 642. The van der Waals surface area contributed by atoms with Crippen molar-refractivity contribution in [3.05, 3.63) is 40.4 Å². The third kappa shape index (κ3) is 2.70. The summed E-state index contributed by atoms with van der Waals surface area (Å²) in [5.74, 6) is 0. The van der Waals surface area contributed by atoms with Crippen LogP contribution in [0.5, 0.6) is 0 Å². The SMILES string of the molecule is CC(C)(C)c1nc(N2CCCc3ccccc32)sc1CO. The molecule has 0 amide bonds. The molecule has 21 heavy (non-hydrogen) atoms. The molecule has 2 aromatic rings. The summed E-state index contributed by atoms with van der Waals surface area (Å²) < 4.78 is 0. The van der Waals surface area contributed by atoms with Crippen LogP contribution in [0.4, 0.5) is 10.8 Å². The van der Waals surface area contributed by atoms with E-state index < -0.39 is 0 Å². The van der Waals surface area contributed by atoms with E-state index in [2.05, 4.69) is 49.9 Å². The maximum atomic E-state index is 9.64. The fourth-order valence-corrected chi connectivity index (χ4v) is 4.05. The monoisotopic (exact) mass is 302 g/mol. The topological polar surface area (TPSA) is 36.4 Å². The van der Waals surface area contributed by atoms with Gasteiger partial charge in [-0.05, 0) is 24.5 Å². The standard InChI is InChI=1S/C17H22N2OS/c1-17(2,3)15-14(11-20)21-16(18-15)19-10-6-8-12-7-4-5-9-13(12)19/h4-5,7,9,20H,6,8,10-11H2,1-3H3. The van der Waals surface area contributed by atoms with E-state index >= 15 is 0 Å². The molecule has 2 heterocycles. The van der Waals surface area contributed by atoms with Gasteiger partial charge in [0.2, 0.25) is 0 Å². The first-order valence-electron chi connectivity index (χ1n) is 7.47. The van der Waals surface area contributed by atoms with Gasteiger partial charge in [-0.1, -0.05) is 50.3 Å². The number of para-hydroxylation sites is 1. The van der Waals surface area contributed by atoms with Crippen molar-refractivity contribution in [1.82, 2.24) is 4.98 Å². The van der Waals surface area contributed by atoms with Gasteiger partial charge in [0, 0.05) is 17.6 Å². The average molecular weight is 302 g/mol. The van der Waals surface area contributed by atoms with E-state index in [0.717, 1.165) is 35.1 Å². The second kappa shape index (κ2) is 5.43. The second-order valence-electron chi connectivity index (χ2n) is 6.56. The predicted molar refractivity (Wildman–Crippen MR) is 88.5 cm³/mol. The predicted octanol–water partition coefficient (Wildman–Crippen LogP) is 4.02. The third-order valence-corrected chi connectivity index (χ3v) is 4.94. The molecule has 0 fully saturated rings. The van der Waals surface area contributed by atoms with Crippen LogP contribution in [0.1, 0.15) is 43.3 Å². The molecule has 0 saturated heterocycles. The van der Waals surface area contributed by atoms with Crippen molar-refractivity contribution < 1.29 is 5.11 Å². The summed E-state index contributed by atoms with van der Waals surface area (Å²) in [4.78, 5) is 8.15. The smallest absolute Gasteiger partial charge is 0.190 e. The van der Waals surface area contributed by atoms with Crippen LogP contribution in [-0.4, -0.2) is 16.6 Å². The zero-order chi connectivity index (χ0) is 15.0. The molecule has 0 spiro atoms. The van der Waals surface area contributed by atoms with Gasteiger partial charge >= 0.3 is 0 Å². The average Bonchev–Trinajstić information content (AvgIpc) is 2.91. The number of aryl methyl sites for hydroxylation is 1. The van der Waals surface area contributed by atoms with Crippen LogP contribution in [0.25, 0.3) is 0 Å². The first kappa shape index (κ1) is 14.5. The van der Waals surface area contributed by atoms with Crippen LogP contribution in [0.2, 0.25) is 0 Å². The molecule has 1 aromatic heterocycles. The molecule has 3 rings (SSSR count). The van der Waals surface area contributed by atoms with E-state index in [9.17, 15) is 5.11 Å². The Kier molecular flexibility index (Phi) is 3.76. The largest absolute Gasteiger partial charge is 0.391 e. The molecule has 0 aliphatic carbocycles. The number of thiazole rings is 1. The summed E-state index contributed by atoms with van der Waals surface area (Å²) in [7, 11) is 0. The molecule has 4 heteroatoms. The lowest BCUT2D eigenvalue weighted by molar-refractivity contribution is 0.282. The van der Waals surface area contributed by atoms with E-state index in [-0.39, 0.29) is 12.0 Å². The van der Waals surface area contributed by atoms with Crippen molar-refractivity contribution >= 4 is 22.2 Å². The molecule has 0 radical (unpaired) electrons. The highest BCUT2D eigenvalue weighted by atomic mass is 32.1. The number of hydrogen-bond donors (Lipinski definition) is 1. The third-order valence-electron chi connectivity index (χ3n) is 3.88. The van der Waals surface area contributed by atoms with Crippen LogP contribution in [0, 0.1) is 0 Å². The van der Waals surface area contributed by atoms with E-state index in [1.165, 1.54) is 11.3 Å². The number of hydrogen-bond acceptors (Lipinski definition) is 4. The fourth-order valence-electron chi connectivity index (χ4n) is 2.88. The Labute approximate surface area is 130 Å². The summed E-state index contributed by atoms with van der Waals surface area (Å²) in [6.07, 6.45) is 2.28. The number of fused-ring (bicyclic) bond motifs is 1. The normalized spacial score (nSPS) is 15.1. The van der Waals surface area contributed by atoms with E-state index in [1.54, 1.807) is 11.3 Å². The van der Waals surface area contributed by atoms with Gasteiger partial charge in [0.1, 0.15) is 0 Å². The van der Waals surface area contributed by atoms with Crippen LogP contribution in [-0.2, 0) is 18.4 Å². The van der Waals surface area contributed by atoms with Gasteiger partial charge in [-0.15, -0.1) is 0 Å². The Morgan fingerprint density at radius 1 is 1.29 bits per heavy atom. The highest BCUT2D eigenvalue weighted by molar-refractivity contribution is 7.15. The highest BCUT2D eigenvalue weighted by Crippen LogP contribution is 2.39. The second-order valence-corrected chi connectivity index (χ2v) is 7.62. The lowest BCUT2D eigenvalue weighted by Crippen LogP contribution is -2.24. The molecular weight excluding hydrogens is 280 g/mol. The van der Waals surface area contributed by atoms with Gasteiger partial charge in [-0.3, -0.25) is 0 Å². The van der Waals surface area contributed by atoms with Gasteiger partial charge in [-0.2, -0.15) is 0 Å². The molecule has 112 valence electrons. The summed E-state index contributed by atoms with van der Waals surface area (Å²) in [5.41, 5.74) is 3.64. The molecule has 3 nitrogen and oxygen atoms in total. The van der Waals surface area contributed by atoms with E-state index in [1.807, 2.05) is 0 Å². The molecule has 0 saturated carbocycles. The van der Waals surface area contributed by atoms with E-state index in [0.29, 0.717) is 0 Å². The van der Waals surface area contributed by atoms with Crippen LogP contribution in [0.15, 0.2) is 24.3 Å². The van der Waals surface area contributed by atoms with Crippen molar-refractivity contribution in [2.45, 2.75) is 45.6 Å². The first-order valence-corrected chi connectivity index (χ1v) is 8.29. The van der Waals surface area contributed by atoms with Crippen molar-refractivity contribution in [1.29, 1.82) is 0 Å². The Balaban J connectivity index is 2.05. The lowest BCUT2D eigenvalue weighted by Gasteiger charge is -2.29. The van der Waals surface area contributed by atoms with Gasteiger partial charge in [0.05, 0.1) is 17.2 Å². The van der Waals surface area contributed by atoms with Gasteiger partial charge in [-0.25, -0.2) is 4.98 Å². The van der Waals surface area contributed by atoms with Gasteiger partial charge in [0.25, 0.3) is 0 Å². The van der Waals surface area contributed by atoms with Crippen LogP contribution in [0.3, 0.4) is 0 Å². The zero-order valence-electron chi connectivity index (χ0n) is 12.9. The van der Waals surface area contributed by atoms with Crippen LogP contribution >= 0.6 is 11.3 Å². The van der Waals surface area contributed by atoms with Crippen molar-refractivity contribution in [3.63, 3.8) is 0 Å². The van der Waals surface area contributed by atoms with Gasteiger partial charge in [0.15, 0.2) is 5.13 Å². The molecule has 1 aromatic carbocycles. The molecular formula is C17H22N2OS. The summed E-state index contributed by atoms with van der Waals surface area (Å²) in [6, 6.07) is 8.56. The molecule has 0 unspecified atom stereocenters. The number of aliphatic hydroxyl groups is 1. The minimum atomic E-state index is -0.0396.